The summed E-state index contributed by atoms with van der Waals surface area (Å²) in [7, 11) is 0. The van der Waals surface area contributed by atoms with E-state index >= 15 is 0 Å². The zero-order chi connectivity index (χ0) is 17.8. The number of amides is 2. The number of anilines is 1. The van der Waals surface area contributed by atoms with Crippen LogP contribution in [0.2, 0.25) is 0 Å². The highest BCUT2D eigenvalue weighted by Gasteiger charge is 2.24. The summed E-state index contributed by atoms with van der Waals surface area (Å²) >= 11 is 1.52. The highest BCUT2D eigenvalue weighted by Crippen LogP contribution is 2.40. The molecule has 0 aliphatic carbocycles. The van der Waals surface area contributed by atoms with Gasteiger partial charge in [-0.25, -0.2) is 0 Å². The fourth-order valence-corrected chi connectivity index (χ4v) is 3.19. The number of rotatable bonds is 6. The molecule has 0 unspecified atom stereocenters. The van der Waals surface area contributed by atoms with E-state index in [4.69, 9.17) is 10.3 Å². The second kappa shape index (κ2) is 7.31. The quantitative estimate of drug-likeness (QED) is 0.700. The fraction of sp³-hybridized carbons (Fsp3) is 0.167. The Morgan fingerprint density at radius 1 is 1.28 bits per heavy atom. The molecule has 0 aliphatic heterocycles. The van der Waals surface area contributed by atoms with E-state index in [1.165, 1.54) is 11.3 Å². The fourth-order valence-electron chi connectivity index (χ4n) is 2.55. The maximum absolute atomic E-state index is 12.0. The predicted octanol–water partition coefficient (Wildman–Crippen LogP) is 3.91. The van der Waals surface area contributed by atoms with E-state index in [1.807, 2.05) is 23.8 Å². The highest BCUT2D eigenvalue weighted by atomic mass is 32.1. The first kappa shape index (κ1) is 16.9. The van der Waals surface area contributed by atoms with Gasteiger partial charge in [0.2, 0.25) is 17.7 Å². The van der Waals surface area contributed by atoms with Gasteiger partial charge in [-0.2, -0.15) is 11.3 Å². The third-order valence-corrected chi connectivity index (χ3v) is 4.36. The topological polar surface area (TPSA) is 98.2 Å². The van der Waals surface area contributed by atoms with Crippen molar-refractivity contribution in [2.75, 3.05) is 5.32 Å². The van der Waals surface area contributed by atoms with Crippen molar-refractivity contribution in [2.24, 2.45) is 5.73 Å². The minimum atomic E-state index is -0.557. The lowest BCUT2D eigenvalue weighted by Crippen LogP contribution is -2.13. The number of thiophene rings is 1. The number of primary amides is 1. The van der Waals surface area contributed by atoms with Crippen LogP contribution in [-0.2, 0) is 4.79 Å². The molecular weight excluding hydrogens is 338 g/mol. The van der Waals surface area contributed by atoms with Crippen molar-refractivity contribution in [1.82, 2.24) is 5.16 Å². The van der Waals surface area contributed by atoms with Gasteiger partial charge in [-0.15, -0.1) is 0 Å². The molecule has 3 N–H and O–H groups in total. The van der Waals surface area contributed by atoms with Crippen LogP contribution in [0, 0.1) is 0 Å². The molecule has 3 aromatic rings. The van der Waals surface area contributed by atoms with Crippen LogP contribution in [-0.4, -0.2) is 17.0 Å². The Labute approximate surface area is 148 Å². The molecule has 25 heavy (non-hydrogen) atoms. The summed E-state index contributed by atoms with van der Waals surface area (Å²) in [6, 6.07) is 8.83. The van der Waals surface area contributed by atoms with Crippen LogP contribution >= 0.6 is 11.3 Å². The summed E-state index contributed by atoms with van der Waals surface area (Å²) in [5.41, 5.74) is 8.38. The second-order valence-electron chi connectivity index (χ2n) is 5.46. The molecule has 2 aromatic heterocycles. The molecule has 2 heterocycles. The van der Waals surface area contributed by atoms with Gasteiger partial charge in [-0.1, -0.05) is 30.3 Å². The van der Waals surface area contributed by atoms with Gasteiger partial charge in [-0.3, -0.25) is 14.9 Å². The number of carbonyl (C=O) groups is 2. The Bertz CT molecular complexity index is 900. The maximum atomic E-state index is 12.0. The van der Waals surface area contributed by atoms with Gasteiger partial charge in [-0.05, 0) is 23.9 Å². The first-order valence-corrected chi connectivity index (χ1v) is 8.77. The van der Waals surface area contributed by atoms with Crippen LogP contribution in [0.4, 0.5) is 5.88 Å². The number of nitrogens with one attached hydrogen (secondary N) is 1. The van der Waals surface area contributed by atoms with Crippen molar-refractivity contribution in [3.63, 3.8) is 0 Å². The predicted molar refractivity (Wildman–Crippen MR) is 97.3 cm³/mol. The van der Waals surface area contributed by atoms with Crippen LogP contribution in [0.25, 0.3) is 22.4 Å². The van der Waals surface area contributed by atoms with Crippen molar-refractivity contribution in [2.45, 2.75) is 19.8 Å². The highest BCUT2D eigenvalue weighted by molar-refractivity contribution is 7.08. The van der Waals surface area contributed by atoms with E-state index in [0.29, 0.717) is 35.2 Å². The first-order chi connectivity index (χ1) is 12.1. The first-order valence-electron chi connectivity index (χ1n) is 7.83. The number of carbonyl (C=O) groups excluding carboxylic acids is 2. The molecule has 128 valence electrons. The Morgan fingerprint density at radius 2 is 2.08 bits per heavy atom. The number of nitrogens with zero attached hydrogens (tertiary/aromatic N) is 1. The van der Waals surface area contributed by atoms with Crippen molar-refractivity contribution in [3.05, 3.63) is 46.7 Å². The lowest BCUT2D eigenvalue weighted by Gasteiger charge is -2.08. The van der Waals surface area contributed by atoms with Crippen molar-refractivity contribution in [1.29, 1.82) is 0 Å². The van der Waals surface area contributed by atoms with Gasteiger partial charge >= 0.3 is 0 Å². The molecule has 0 fully saturated rings. The summed E-state index contributed by atoms with van der Waals surface area (Å²) in [6.07, 6.45) is 1.08. The van der Waals surface area contributed by atoms with E-state index in [2.05, 4.69) is 10.5 Å². The second-order valence-corrected chi connectivity index (χ2v) is 6.24. The summed E-state index contributed by atoms with van der Waals surface area (Å²) in [5, 5.41) is 10.7. The largest absolute Gasteiger partial charge is 0.366 e. The van der Waals surface area contributed by atoms with Gasteiger partial charge in [0.1, 0.15) is 5.69 Å². The zero-order valence-electron chi connectivity index (χ0n) is 13.6. The Kier molecular flexibility index (Phi) is 4.95. The molecule has 2 amide bonds. The minimum Gasteiger partial charge on any atom is -0.366 e. The molecule has 3 rings (SSSR count). The molecule has 7 heteroatoms. The van der Waals surface area contributed by atoms with Gasteiger partial charge in [0.05, 0.1) is 5.56 Å². The summed E-state index contributed by atoms with van der Waals surface area (Å²) in [5.74, 6) is -0.513. The van der Waals surface area contributed by atoms with Crippen molar-refractivity contribution < 1.29 is 14.1 Å². The average molecular weight is 355 g/mol. The van der Waals surface area contributed by atoms with Gasteiger partial charge in [0, 0.05) is 28.5 Å². The van der Waals surface area contributed by atoms with Crippen molar-refractivity contribution >= 4 is 29.0 Å². The Balaban J connectivity index is 2.17. The number of hydrogen-bond acceptors (Lipinski definition) is 5. The Morgan fingerprint density at radius 3 is 2.76 bits per heavy atom. The van der Waals surface area contributed by atoms with Gasteiger partial charge in [0.15, 0.2) is 0 Å². The number of benzene rings is 1. The molecule has 0 aliphatic rings. The van der Waals surface area contributed by atoms with Crippen LogP contribution in [0.15, 0.2) is 45.6 Å². The minimum absolute atomic E-state index is 0.173. The molecule has 0 saturated carbocycles. The number of hydrogen-bond donors (Lipinski definition) is 2. The molecule has 0 radical (unpaired) electrons. The van der Waals surface area contributed by atoms with Crippen LogP contribution < -0.4 is 11.1 Å². The SMILES string of the molecule is CCCC(=O)Nc1onc(-c2ccsc2)c1-c1ccccc1C(N)=O. The number of aromatic nitrogens is 1. The normalized spacial score (nSPS) is 10.6. The van der Waals surface area contributed by atoms with Gasteiger partial charge < -0.3 is 10.3 Å². The van der Waals surface area contributed by atoms with Crippen LogP contribution in [0.3, 0.4) is 0 Å². The lowest BCUT2D eigenvalue weighted by molar-refractivity contribution is -0.116. The molecule has 0 saturated heterocycles. The molecule has 0 bridgehead atoms. The lowest BCUT2D eigenvalue weighted by atomic mass is 9.97. The number of nitrogens with two attached hydrogens (primary N) is 1. The average Bonchev–Trinajstić information content (AvgIpc) is 3.24. The molecule has 0 atom stereocenters. The smallest absolute Gasteiger partial charge is 0.249 e. The van der Waals surface area contributed by atoms with E-state index in [1.54, 1.807) is 24.3 Å². The standard InChI is InChI=1S/C18H17N3O3S/c1-2-5-14(22)20-18-15(12-6-3-4-7-13(12)17(19)23)16(21-24-18)11-8-9-25-10-11/h3-4,6-10H,2,5H2,1H3,(H2,19,23)(H,20,22). The third-order valence-electron chi connectivity index (χ3n) is 3.68. The van der Waals surface area contributed by atoms with E-state index in [-0.39, 0.29) is 11.8 Å². The third kappa shape index (κ3) is 3.46. The summed E-state index contributed by atoms with van der Waals surface area (Å²) < 4.78 is 5.40. The molecule has 0 spiro atoms. The molecular formula is C18H17N3O3S. The van der Waals surface area contributed by atoms with Crippen molar-refractivity contribution in [3.8, 4) is 22.4 Å². The van der Waals surface area contributed by atoms with Crippen LogP contribution in [0.1, 0.15) is 30.1 Å². The Hall–Kier alpha value is -2.93. The van der Waals surface area contributed by atoms with Crippen LogP contribution in [0.5, 0.6) is 0 Å². The molecule has 1 aromatic carbocycles. The maximum Gasteiger partial charge on any atom is 0.249 e. The summed E-state index contributed by atoms with van der Waals surface area (Å²) in [4.78, 5) is 23.9. The van der Waals surface area contributed by atoms with E-state index in [9.17, 15) is 9.59 Å². The summed E-state index contributed by atoms with van der Waals surface area (Å²) in [6.45, 7) is 1.92. The van der Waals surface area contributed by atoms with E-state index < -0.39 is 5.91 Å². The van der Waals surface area contributed by atoms with Gasteiger partial charge in [0.25, 0.3) is 0 Å². The monoisotopic (exact) mass is 355 g/mol. The van der Waals surface area contributed by atoms with E-state index in [0.717, 1.165) is 5.56 Å². The molecule has 6 nitrogen and oxygen atoms in total. The zero-order valence-corrected chi connectivity index (χ0v) is 14.4.